The zero-order valence-electron chi connectivity index (χ0n) is 17.4. The molecule has 2 aromatic heterocycles. The number of benzene rings is 2. The van der Waals surface area contributed by atoms with E-state index in [1.165, 1.54) is 6.20 Å². The minimum absolute atomic E-state index is 0.257. The highest BCUT2D eigenvalue weighted by Gasteiger charge is 2.19. The minimum Gasteiger partial charge on any atom is -0.464 e. The van der Waals surface area contributed by atoms with E-state index in [9.17, 15) is 4.79 Å². The van der Waals surface area contributed by atoms with Crippen LogP contribution in [0, 0.1) is 30.6 Å². The molecule has 0 atom stereocenters. The number of aromatic nitrogens is 4. The summed E-state index contributed by atoms with van der Waals surface area (Å²) in [5, 5.41) is 20.1. The Hall–Kier alpha value is -4.60. The number of anilines is 1. The van der Waals surface area contributed by atoms with Crippen molar-refractivity contribution < 1.29 is 9.53 Å². The first-order valence-electron chi connectivity index (χ1n) is 9.73. The topological polar surface area (TPSA) is 114 Å². The summed E-state index contributed by atoms with van der Waals surface area (Å²) in [7, 11) is 0. The number of amides is 1. The molecule has 0 fully saturated rings. The number of ether oxygens (including phenoxy) is 1. The molecule has 0 aliphatic rings. The summed E-state index contributed by atoms with van der Waals surface area (Å²) in [6, 6.07) is 16.4. The van der Waals surface area contributed by atoms with Gasteiger partial charge in [-0.1, -0.05) is 41.4 Å². The number of nitriles is 1. The second-order valence-corrected chi connectivity index (χ2v) is 7.73. The molecule has 0 saturated carbocycles. The fourth-order valence-corrected chi connectivity index (χ4v) is 3.55. The molecular weight excluding hydrogens is 436 g/mol. The Kier molecular flexibility index (Phi) is 6.35. The van der Waals surface area contributed by atoms with Crippen LogP contribution >= 0.6 is 11.3 Å². The standard InChI is InChI=1S/C24H16N6O2S/c1-3-18-6-4-5-7-19(18)21-20(13-26-15(2)27-21)22(31)28-23-29-30-24(33-23)32-14-17-10-8-16(12-25)9-11-17/h1,4-11,13H,14H2,2H3,(H,28,29,31). The first-order chi connectivity index (χ1) is 16.1. The minimum atomic E-state index is -0.438. The van der Waals surface area contributed by atoms with E-state index in [4.69, 9.17) is 16.4 Å². The van der Waals surface area contributed by atoms with E-state index in [2.05, 4.69) is 37.5 Å². The van der Waals surface area contributed by atoms with Gasteiger partial charge in [-0.05, 0) is 42.0 Å². The smallest absolute Gasteiger partial charge is 0.296 e. The summed E-state index contributed by atoms with van der Waals surface area (Å²) < 4.78 is 5.64. The van der Waals surface area contributed by atoms with Crippen molar-refractivity contribution in [3.63, 3.8) is 0 Å². The largest absolute Gasteiger partial charge is 0.464 e. The number of hydrogen-bond acceptors (Lipinski definition) is 8. The van der Waals surface area contributed by atoms with E-state index in [1.807, 2.05) is 18.2 Å². The van der Waals surface area contributed by atoms with E-state index >= 15 is 0 Å². The normalized spacial score (nSPS) is 10.2. The molecule has 4 aromatic rings. The van der Waals surface area contributed by atoms with Crippen molar-refractivity contribution in [1.82, 2.24) is 20.2 Å². The number of carbonyl (C=O) groups excluding carboxylic acids is 1. The van der Waals surface area contributed by atoms with Gasteiger partial charge in [-0.15, -0.1) is 11.5 Å². The summed E-state index contributed by atoms with van der Waals surface area (Å²) >= 11 is 1.09. The van der Waals surface area contributed by atoms with E-state index in [-0.39, 0.29) is 17.3 Å². The number of carbonyl (C=O) groups is 1. The van der Waals surface area contributed by atoms with Gasteiger partial charge in [-0.3, -0.25) is 10.1 Å². The SMILES string of the molecule is C#Cc1ccccc1-c1nc(C)ncc1C(=O)Nc1nnc(OCc2ccc(C#N)cc2)s1. The molecule has 1 N–H and O–H groups in total. The summed E-state index contributed by atoms with van der Waals surface area (Å²) in [5.41, 5.74) is 3.44. The van der Waals surface area contributed by atoms with Gasteiger partial charge in [0.2, 0.25) is 5.13 Å². The highest BCUT2D eigenvalue weighted by Crippen LogP contribution is 2.27. The molecule has 0 spiro atoms. The zero-order chi connectivity index (χ0) is 23.2. The summed E-state index contributed by atoms with van der Waals surface area (Å²) in [6.07, 6.45) is 7.09. The zero-order valence-corrected chi connectivity index (χ0v) is 18.3. The van der Waals surface area contributed by atoms with Crippen LogP contribution in [-0.2, 0) is 6.61 Å². The van der Waals surface area contributed by atoms with Gasteiger partial charge in [0.05, 0.1) is 22.9 Å². The van der Waals surface area contributed by atoms with E-state index < -0.39 is 5.91 Å². The molecule has 4 rings (SSSR count). The first kappa shape index (κ1) is 21.6. The highest BCUT2D eigenvalue weighted by molar-refractivity contribution is 7.17. The van der Waals surface area contributed by atoms with Crippen LogP contribution in [-0.4, -0.2) is 26.1 Å². The molecule has 33 heavy (non-hydrogen) atoms. The summed E-state index contributed by atoms with van der Waals surface area (Å²) in [4.78, 5) is 21.6. The van der Waals surface area contributed by atoms with Gasteiger partial charge in [0, 0.05) is 17.3 Å². The molecule has 0 aliphatic carbocycles. The molecule has 160 valence electrons. The molecule has 2 aromatic carbocycles. The lowest BCUT2D eigenvalue weighted by molar-refractivity contribution is 0.102. The average Bonchev–Trinajstić information content (AvgIpc) is 3.30. The van der Waals surface area contributed by atoms with Gasteiger partial charge in [0.15, 0.2) is 0 Å². The van der Waals surface area contributed by atoms with Crippen LogP contribution in [0.2, 0.25) is 0 Å². The van der Waals surface area contributed by atoms with Crippen LogP contribution < -0.4 is 10.1 Å². The third kappa shape index (κ3) is 5.01. The summed E-state index contributed by atoms with van der Waals surface area (Å²) in [5.74, 6) is 2.70. The van der Waals surface area contributed by atoms with Gasteiger partial charge >= 0.3 is 0 Å². The number of nitrogens with one attached hydrogen (secondary N) is 1. The Morgan fingerprint density at radius 3 is 2.73 bits per heavy atom. The molecule has 0 aliphatic heterocycles. The first-order valence-corrected chi connectivity index (χ1v) is 10.6. The molecule has 2 heterocycles. The van der Waals surface area contributed by atoms with Gasteiger partial charge in [0.25, 0.3) is 11.1 Å². The Morgan fingerprint density at radius 2 is 1.97 bits per heavy atom. The van der Waals surface area contributed by atoms with Crippen LogP contribution in [0.3, 0.4) is 0 Å². The number of rotatable bonds is 6. The lowest BCUT2D eigenvalue weighted by Crippen LogP contribution is -2.15. The van der Waals surface area contributed by atoms with Crippen molar-refractivity contribution in [3.05, 3.63) is 82.8 Å². The molecule has 0 saturated heterocycles. The van der Waals surface area contributed by atoms with Crippen molar-refractivity contribution in [2.45, 2.75) is 13.5 Å². The van der Waals surface area contributed by atoms with E-state index in [0.29, 0.717) is 33.4 Å². The Labute approximate surface area is 193 Å². The Balaban J connectivity index is 1.50. The average molecular weight is 452 g/mol. The second-order valence-electron chi connectivity index (χ2n) is 6.79. The molecule has 0 unspecified atom stereocenters. The maximum absolute atomic E-state index is 13.0. The van der Waals surface area contributed by atoms with E-state index in [0.717, 1.165) is 16.9 Å². The molecule has 9 heteroatoms. The van der Waals surface area contributed by atoms with Crippen LogP contribution in [0.15, 0.2) is 54.7 Å². The van der Waals surface area contributed by atoms with Crippen molar-refractivity contribution in [1.29, 1.82) is 5.26 Å². The van der Waals surface area contributed by atoms with Gasteiger partial charge in [-0.25, -0.2) is 9.97 Å². The highest BCUT2D eigenvalue weighted by atomic mass is 32.1. The van der Waals surface area contributed by atoms with Crippen molar-refractivity contribution in [3.8, 4) is 34.9 Å². The molecular formula is C24H16N6O2S. The fourth-order valence-electron chi connectivity index (χ4n) is 2.96. The predicted octanol–water partition coefficient (Wildman–Crippen LogP) is 3.99. The van der Waals surface area contributed by atoms with Gasteiger partial charge in [-0.2, -0.15) is 5.26 Å². The van der Waals surface area contributed by atoms with Gasteiger partial charge in [0.1, 0.15) is 12.4 Å². The van der Waals surface area contributed by atoms with Crippen LogP contribution in [0.4, 0.5) is 5.13 Å². The molecule has 0 radical (unpaired) electrons. The lowest BCUT2D eigenvalue weighted by atomic mass is 10.0. The number of nitrogens with zero attached hydrogens (tertiary/aromatic N) is 5. The second kappa shape index (κ2) is 9.69. The van der Waals surface area contributed by atoms with Crippen LogP contribution in [0.1, 0.15) is 32.9 Å². The van der Waals surface area contributed by atoms with Crippen molar-refractivity contribution in [2.24, 2.45) is 0 Å². The molecule has 8 nitrogen and oxygen atoms in total. The third-order valence-corrected chi connectivity index (χ3v) is 5.31. The van der Waals surface area contributed by atoms with E-state index in [1.54, 1.807) is 37.3 Å². The van der Waals surface area contributed by atoms with Crippen LogP contribution in [0.5, 0.6) is 5.19 Å². The maximum atomic E-state index is 13.0. The van der Waals surface area contributed by atoms with Crippen LogP contribution in [0.25, 0.3) is 11.3 Å². The third-order valence-electron chi connectivity index (χ3n) is 4.56. The maximum Gasteiger partial charge on any atom is 0.296 e. The predicted molar refractivity (Wildman–Crippen MR) is 123 cm³/mol. The number of terminal acetylenes is 1. The Bertz CT molecular complexity index is 1400. The fraction of sp³-hybridized carbons (Fsp3) is 0.0833. The van der Waals surface area contributed by atoms with Crippen molar-refractivity contribution >= 4 is 22.4 Å². The molecule has 0 bridgehead atoms. The monoisotopic (exact) mass is 452 g/mol. The van der Waals surface area contributed by atoms with Crippen molar-refractivity contribution in [2.75, 3.05) is 5.32 Å². The summed E-state index contributed by atoms with van der Waals surface area (Å²) in [6.45, 7) is 2.00. The number of hydrogen-bond donors (Lipinski definition) is 1. The van der Waals surface area contributed by atoms with Gasteiger partial charge < -0.3 is 4.74 Å². The molecule has 1 amide bonds. The number of aryl methyl sites for hydroxylation is 1. The quantitative estimate of drug-likeness (QED) is 0.440. The Morgan fingerprint density at radius 1 is 1.18 bits per heavy atom. The lowest BCUT2D eigenvalue weighted by Gasteiger charge is -2.10.